The summed E-state index contributed by atoms with van der Waals surface area (Å²) < 4.78 is 12.8. The van der Waals surface area contributed by atoms with Gasteiger partial charge in [-0.1, -0.05) is 17.7 Å². The first-order valence-corrected chi connectivity index (χ1v) is 10.3. The molecule has 2 amide bonds. The van der Waals surface area contributed by atoms with Gasteiger partial charge in [-0.05, 0) is 36.4 Å². The highest BCUT2D eigenvalue weighted by molar-refractivity contribution is 6.36. The van der Waals surface area contributed by atoms with Crippen LogP contribution in [-0.2, 0) is 6.54 Å². The Bertz CT molecular complexity index is 1440. The lowest BCUT2D eigenvalue weighted by Gasteiger charge is -2.14. The van der Waals surface area contributed by atoms with E-state index in [2.05, 4.69) is 5.32 Å². The molecule has 2 heterocycles. The van der Waals surface area contributed by atoms with Crippen molar-refractivity contribution in [3.63, 3.8) is 0 Å². The van der Waals surface area contributed by atoms with Gasteiger partial charge in [0.25, 0.3) is 11.8 Å². The zero-order valence-corrected chi connectivity index (χ0v) is 18.1. The molecule has 2 N–H and O–H groups in total. The van der Waals surface area contributed by atoms with Crippen LogP contribution < -0.4 is 14.8 Å². The summed E-state index contributed by atoms with van der Waals surface area (Å²) in [5.41, 5.74) is 3.06. The van der Waals surface area contributed by atoms with Crippen LogP contribution >= 0.6 is 11.6 Å². The third-order valence-electron chi connectivity index (χ3n) is 5.83. The Morgan fingerprint density at radius 2 is 1.75 bits per heavy atom. The van der Waals surface area contributed by atoms with Gasteiger partial charge in [0.15, 0.2) is 0 Å². The molecule has 0 spiro atoms. The molecule has 0 saturated carbocycles. The third kappa shape index (κ3) is 2.78. The van der Waals surface area contributed by atoms with Gasteiger partial charge in [-0.15, -0.1) is 0 Å². The Kier molecular flexibility index (Phi) is 4.80. The summed E-state index contributed by atoms with van der Waals surface area (Å²) in [5.74, 6) is 0.136. The Morgan fingerprint density at radius 1 is 0.969 bits per heavy atom. The van der Waals surface area contributed by atoms with E-state index in [4.69, 9.17) is 21.1 Å². The fourth-order valence-corrected chi connectivity index (χ4v) is 4.79. The monoisotopic (exact) mass is 450 g/mol. The van der Waals surface area contributed by atoms with Gasteiger partial charge < -0.3 is 19.1 Å². The van der Waals surface area contributed by atoms with E-state index in [0.717, 1.165) is 10.9 Å². The van der Waals surface area contributed by atoms with Gasteiger partial charge in [0, 0.05) is 34.0 Å². The molecule has 0 unspecified atom stereocenters. The topological polar surface area (TPSA) is 89.8 Å². The standard InChI is InChI=1S/C24H19ClN2O5/c1-31-12-6-7-16-13(10-12)20-17(27(16)8-9-28)11-14(21-22(20)24(30)26-23(21)29)19-15(25)4-3-5-18(19)32-2/h3-7,10-11,28H,8-9H2,1-2H3,(H,26,29,30). The molecule has 1 aliphatic heterocycles. The smallest absolute Gasteiger partial charge is 0.259 e. The van der Waals surface area contributed by atoms with E-state index < -0.39 is 11.8 Å². The summed E-state index contributed by atoms with van der Waals surface area (Å²) in [4.78, 5) is 25.9. The summed E-state index contributed by atoms with van der Waals surface area (Å²) in [6, 6.07) is 12.6. The lowest BCUT2D eigenvalue weighted by Crippen LogP contribution is -2.20. The van der Waals surface area contributed by atoms with E-state index in [1.165, 1.54) is 7.11 Å². The molecule has 0 fully saturated rings. The number of imide groups is 1. The first-order chi connectivity index (χ1) is 15.5. The summed E-state index contributed by atoms with van der Waals surface area (Å²) in [7, 11) is 3.09. The summed E-state index contributed by atoms with van der Waals surface area (Å²) in [6.45, 7) is 0.206. The van der Waals surface area contributed by atoms with Crippen LogP contribution in [0, 0.1) is 0 Å². The summed E-state index contributed by atoms with van der Waals surface area (Å²) in [6.07, 6.45) is 0. The van der Waals surface area contributed by atoms with Crippen LogP contribution in [0.25, 0.3) is 32.9 Å². The van der Waals surface area contributed by atoms with Crippen molar-refractivity contribution in [1.29, 1.82) is 0 Å². The maximum atomic E-state index is 13.0. The molecule has 5 rings (SSSR count). The second kappa shape index (κ2) is 7.55. The quantitative estimate of drug-likeness (QED) is 0.448. The van der Waals surface area contributed by atoms with Gasteiger partial charge in [0.2, 0.25) is 0 Å². The second-order valence-electron chi connectivity index (χ2n) is 7.43. The molecule has 0 radical (unpaired) electrons. The van der Waals surface area contributed by atoms with Crippen molar-refractivity contribution in [2.24, 2.45) is 0 Å². The predicted molar refractivity (Wildman–Crippen MR) is 122 cm³/mol. The number of nitrogens with zero attached hydrogens (tertiary/aromatic N) is 1. The largest absolute Gasteiger partial charge is 0.497 e. The van der Waals surface area contributed by atoms with Gasteiger partial charge >= 0.3 is 0 Å². The Morgan fingerprint density at radius 3 is 2.47 bits per heavy atom. The number of fused-ring (bicyclic) bond motifs is 5. The van der Waals surface area contributed by atoms with Crippen molar-refractivity contribution in [2.45, 2.75) is 6.54 Å². The molecule has 8 heteroatoms. The van der Waals surface area contributed by atoms with Gasteiger partial charge in [0.05, 0.1) is 42.5 Å². The number of hydrogen-bond donors (Lipinski definition) is 2. The molecule has 1 aliphatic rings. The second-order valence-corrected chi connectivity index (χ2v) is 7.83. The van der Waals surface area contributed by atoms with Crippen LogP contribution in [0.1, 0.15) is 20.7 Å². The maximum absolute atomic E-state index is 13.0. The maximum Gasteiger partial charge on any atom is 0.259 e. The van der Waals surface area contributed by atoms with E-state index in [0.29, 0.717) is 45.1 Å². The van der Waals surface area contributed by atoms with Crippen molar-refractivity contribution in [3.05, 3.63) is 58.6 Å². The van der Waals surface area contributed by atoms with Crippen LogP contribution in [0.5, 0.6) is 11.5 Å². The summed E-state index contributed by atoms with van der Waals surface area (Å²) in [5, 5.41) is 13.9. The minimum Gasteiger partial charge on any atom is -0.497 e. The highest BCUT2D eigenvalue weighted by Gasteiger charge is 2.35. The number of carbonyl (C=O) groups is 2. The minimum atomic E-state index is -0.491. The van der Waals surface area contributed by atoms with E-state index in [1.54, 1.807) is 25.3 Å². The van der Waals surface area contributed by atoms with Crippen molar-refractivity contribution in [3.8, 4) is 22.6 Å². The normalized spacial score (nSPS) is 13.0. The van der Waals surface area contributed by atoms with E-state index in [-0.39, 0.29) is 17.7 Å². The summed E-state index contributed by atoms with van der Waals surface area (Å²) >= 11 is 6.54. The van der Waals surface area contributed by atoms with Crippen LogP contribution in [0.3, 0.4) is 0 Å². The number of ether oxygens (including phenoxy) is 2. The van der Waals surface area contributed by atoms with Crippen molar-refractivity contribution in [2.75, 3.05) is 20.8 Å². The van der Waals surface area contributed by atoms with Crippen LogP contribution in [0.4, 0.5) is 0 Å². The molecule has 4 aromatic rings. The van der Waals surface area contributed by atoms with E-state index >= 15 is 0 Å². The number of hydrogen-bond acceptors (Lipinski definition) is 5. The van der Waals surface area contributed by atoms with Crippen molar-refractivity contribution >= 4 is 45.2 Å². The van der Waals surface area contributed by atoms with Crippen LogP contribution in [-0.4, -0.2) is 42.3 Å². The Balaban J connectivity index is 2.01. The predicted octanol–water partition coefficient (Wildman–Crippen LogP) is 4.01. The van der Waals surface area contributed by atoms with Gasteiger partial charge in [-0.2, -0.15) is 0 Å². The molecule has 0 aliphatic carbocycles. The highest BCUT2D eigenvalue weighted by atomic mass is 35.5. The van der Waals surface area contributed by atoms with Gasteiger partial charge in [0.1, 0.15) is 11.5 Å². The number of benzene rings is 3. The SMILES string of the molecule is COc1ccc2c(c1)c1c3c(c(-c4c(Cl)cccc4OC)cc1n2CCO)C(=O)NC3=O. The molecule has 0 atom stereocenters. The molecule has 3 aromatic carbocycles. The van der Waals surface area contributed by atoms with Crippen LogP contribution in [0.15, 0.2) is 42.5 Å². The third-order valence-corrected chi connectivity index (χ3v) is 6.15. The van der Waals surface area contributed by atoms with Crippen LogP contribution in [0.2, 0.25) is 5.02 Å². The number of aromatic nitrogens is 1. The molecular formula is C24H19ClN2O5. The minimum absolute atomic E-state index is 0.0993. The number of rotatable bonds is 5. The zero-order valence-electron chi connectivity index (χ0n) is 17.4. The number of methoxy groups -OCH3 is 2. The van der Waals surface area contributed by atoms with E-state index in [9.17, 15) is 14.7 Å². The Labute approximate surface area is 188 Å². The zero-order chi connectivity index (χ0) is 22.6. The first-order valence-electron chi connectivity index (χ1n) is 9.96. The molecule has 1 aromatic heterocycles. The number of halogens is 1. The molecule has 0 saturated heterocycles. The number of carbonyl (C=O) groups excluding carboxylic acids is 2. The average Bonchev–Trinajstić information content (AvgIpc) is 3.26. The fraction of sp³-hybridized carbons (Fsp3) is 0.167. The first kappa shape index (κ1) is 20.4. The number of nitrogens with one attached hydrogen (secondary N) is 1. The van der Waals surface area contributed by atoms with Crippen molar-refractivity contribution < 1.29 is 24.2 Å². The van der Waals surface area contributed by atoms with Crippen molar-refractivity contribution in [1.82, 2.24) is 9.88 Å². The lowest BCUT2D eigenvalue weighted by atomic mass is 9.92. The number of aliphatic hydroxyl groups is 1. The number of amides is 2. The van der Waals surface area contributed by atoms with Gasteiger partial charge in [-0.25, -0.2) is 0 Å². The lowest BCUT2D eigenvalue weighted by molar-refractivity contribution is 0.0880. The van der Waals surface area contributed by atoms with E-state index in [1.807, 2.05) is 28.8 Å². The molecule has 7 nitrogen and oxygen atoms in total. The molecular weight excluding hydrogens is 432 g/mol. The number of aliphatic hydroxyl groups excluding tert-OH is 1. The molecule has 0 bridgehead atoms. The fourth-order valence-electron chi connectivity index (χ4n) is 4.53. The molecule has 32 heavy (non-hydrogen) atoms. The van der Waals surface area contributed by atoms with Gasteiger partial charge in [-0.3, -0.25) is 14.9 Å². The Hall–Kier alpha value is -3.55. The highest BCUT2D eigenvalue weighted by Crippen LogP contribution is 2.45. The molecule has 162 valence electrons. The average molecular weight is 451 g/mol.